The first kappa shape index (κ1) is 30.0. The van der Waals surface area contributed by atoms with Crippen LogP contribution in [0.15, 0.2) is 15.0 Å². The number of nitrogens with two attached hydrogens (primary N) is 1. The molecule has 0 amide bonds. The van der Waals surface area contributed by atoms with E-state index in [4.69, 9.17) is 10.8 Å². The number of hydrogen-bond acceptors (Lipinski definition) is 6. The van der Waals surface area contributed by atoms with Gasteiger partial charge in [0.05, 0.1) is 40.9 Å². The Balaban J connectivity index is 3.75. The number of nitriles is 1. The molecule has 1 aromatic heterocycles. The molecule has 12 heteroatoms. The summed E-state index contributed by atoms with van der Waals surface area (Å²) in [4.78, 5) is 4.24. The lowest BCUT2D eigenvalue weighted by Gasteiger charge is -2.34. The van der Waals surface area contributed by atoms with Gasteiger partial charge in [-0.15, -0.1) is 0 Å². The number of hydrogen-bond donors (Lipinski definition) is 2. The molecule has 33 heavy (non-hydrogen) atoms. The van der Waals surface area contributed by atoms with Gasteiger partial charge in [0.25, 0.3) is 5.92 Å². The molecule has 188 valence electrons. The van der Waals surface area contributed by atoms with E-state index >= 15 is 4.39 Å². The van der Waals surface area contributed by atoms with E-state index in [0.717, 1.165) is 18.1 Å². The van der Waals surface area contributed by atoms with Crippen LogP contribution in [0.3, 0.4) is 0 Å². The van der Waals surface area contributed by atoms with Gasteiger partial charge in [-0.25, -0.2) is 26.7 Å². The number of halogens is 4. The fraction of sp³-hybridized carbons (Fsp3) is 0.714. The van der Waals surface area contributed by atoms with Crippen molar-refractivity contribution < 1.29 is 22.5 Å². The van der Waals surface area contributed by atoms with Crippen molar-refractivity contribution in [2.45, 2.75) is 75.9 Å². The largest absolute Gasteiger partial charge is 0.390 e. The van der Waals surface area contributed by atoms with Crippen LogP contribution >= 0.6 is 15.9 Å². The lowest BCUT2D eigenvalue weighted by atomic mass is 10.0. The number of aliphatic hydroxyl groups is 1. The third-order valence-electron chi connectivity index (χ3n) is 6.37. The monoisotopic (exact) mass is 570 g/mol. The van der Waals surface area contributed by atoms with Crippen molar-refractivity contribution >= 4 is 38.9 Å². The lowest BCUT2D eigenvalue weighted by Crippen LogP contribution is -2.52. The van der Waals surface area contributed by atoms with Gasteiger partial charge < -0.3 is 10.8 Å². The Morgan fingerprint density at radius 2 is 1.79 bits per heavy atom. The Bertz CT molecular complexity index is 1010. The summed E-state index contributed by atoms with van der Waals surface area (Å²) >= 11 is 3.33. The molecule has 0 radical (unpaired) electrons. The van der Waals surface area contributed by atoms with E-state index in [1.54, 1.807) is 6.07 Å². The average molecular weight is 572 g/mol. The van der Waals surface area contributed by atoms with Crippen LogP contribution < -0.4 is 10.9 Å². The topological polar surface area (TPSA) is 112 Å². The van der Waals surface area contributed by atoms with Crippen LogP contribution in [0.2, 0.25) is 18.1 Å². The zero-order valence-electron chi connectivity index (χ0n) is 20.0. The Labute approximate surface area is 204 Å². The average Bonchev–Trinajstić information content (AvgIpc) is 2.75. The normalized spacial score (nSPS) is 16.6. The Hall–Kier alpha value is -1.00. The molecule has 1 rings (SSSR count). The van der Waals surface area contributed by atoms with Crippen LogP contribution in [0.25, 0.3) is 0 Å². The van der Waals surface area contributed by atoms with Crippen molar-refractivity contribution in [3.63, 3.8) is 0 Å². The van der Waals surface area contributed by atoms with E-state index in [9.17, 15) is 18.3 Å². The van der Waals surface area contributed by atoms with Crippen molar-refractivity contribution in [2.75, 3.05) is 18.9 Å². The molecule has 0 bridgehead atoms. The second-order valence-corrected chi connectivity index (χ2v) is 18.0. The number of nitrogens with zero attached hydrogens (tertiary/aromatic N) is 3. The van der Waals surface area contributed by atoms with Crippen LogP contribution in [0.5, 0.6) is 0 Å². The molecule has 0 fully saturated rings. The van der Waals surface area contributed by atoms with Crippen molar-refractivity contribution in [3.8, 4) is 6.07 Å². The quantitative estimate of drug-likeness (QED) is 0.304. The number of rotatable bonds is 11. The molecule has 2 atom stereocenters. The second-order valence-electron chi connectivity index (χ2n) is 9.12. The highest BCUT2D eigenvalue weighted by Crippen LogP contribution is 2.31. The van der Waals surface area contributed by atoms with Gasteiger partial charge in [0, 0.05) is 0 Å². The second kappa shape index (κ2) is 10.7. The molecule has 0 saturated heterocycles. The van der Waals surface area contributed by atoms with Gasteiger partial charge in [-0.05, 0) is 48.0 Å². The summed E-state index contributed by atoms with van der Waals surface area (Å²) < 4.78 is 59.5. The first-order chi connectivity index (χ1) is 15.0. The molecule has 1 heterocycles. The minimum atomic E-state index is -3.72. The summed E-state index contributed by atoms with van der Waals surface area (Å²) in [5.41, 5.74) is 4.63. The highest BCUT2D eigenvalue weighted by molar-refractivity contribution is 9.10. The van der Waals surface area contributed by atoms with Gasteiger partial charge in [-0.2, -0.15) is 5.26 Å². The summed E-state index contributed by atoms with van der Waals surface area (Å²) in [6.45, 7) is 7.37. The highest BCUT2D eigenvalue weighted by Gasteiger charge is 2.43. The number of alkyl halides is 2. The smallest absolute Gasteiger partial charge is 0.290 e. The Morgan fingerprint density at radius 1 is 1.27 bits per heavy atom. The maximum atomic E-state index is 15.9. The van der Waals surface area contributed by atoms with Crippen LogP contribution in [0.1, 0.15) is 47.2 Å². The standard InChI is InChI=1S/C21H34BrF3N4O2SSi/c1-7-33(8-2,9-3)15-10-16(22)29-18(17(15)23)20(6,27)14-32(31,19(4,5)11-26)28-12-21(24,25)13-30/h10,30H,7-9,12-14,27H2,1-6H3/t20-,32?/m0/s1. The summed E-state index contributed by atoms with van der Waals surface area (Å²) in [6, 6.07) is 5.93. The molecule has 1 unspecified atom stereocenters. The van der Waals surface area contributed by atoms with E-state index < -0.39 is 58.7 Å². The van der Waals surface area contributed by atoms with Crippen molar-refractivity contribution in [1.29, 1.82) is 5.26 Å². The molecule has 0 aliphatic rings. The van der Waals surface area contributed by atoms with Crippen LogP contribution in [0, 0.1) is 17.1 Å². The van der Waals surface area contributed by atoms with Gasteiger partial charge in [0.2, 0.25) is 0 Å². The van der Waals surface area contributed by atoms with E-state index in [-0.39, 0.29) is 5.69 Å². The minimum absolute atomic E-state index is 0.148. The summed E-state index contributed by atoms with van der Waals surface area (Å²) in [5.74, 6) is -4.77. The van der Waals surface area contributed by atoms with Gasteiger partial charge in [-0.1, -0.05) is 38.9 Å². The third kappa shape index (κ3) is 6.36. The van der Waals surface area contributed by atoms with Crippen LogP contribution in [0.4, 0.5) is 13.2 Å². The van der Waals surface area contributed by atoms with Crippen molar-refractivity contribution in [3.05, 3.63) is 22.2 Å². The van der Waals surface area contributed by atoms with E-state index in [1.807, 2.05) is 26.8 Å². The molecule has 3 N–H and O–H groups in total. The van der Waals surface area contributed by atoms with Crippen molar-refractivity contribution in [2.24, 2.45) is 10.1 Å². The maximum Gasteiger partial charge on any atom is 0.290 e. The zero-order valence-corrected chi connectivity index (χ0v) is 23.4. The number of pyridine rings is 1. The van der Waals surface area contributed by atoms with Crippen LogP contribution in [-0.2, 0) is 15.3 Å². The minimum Gasteiger partial charge on any atom is -0.390 e. The summed E-state index contributed by atoms with van der Waals surface area (Å²) in [7, 11) is -5.93. The molecule has 0 spiro atoms. The molecule has 1 aromatic rings. The first-order valence-corrected chi connectivity index (χ1v) is 15.9. The summed E-state index contributed by atoms with van der Waals surface area (Å²) in [6.07, 6.45) is 0. The van der Waals surface area contributed by atoms with E-state index in [1.165, 1.54) is 20.8 Å². The highest BCUT2D eigenvalue weighted by atomic mass is 79.9. The Kier molecular flexibility index (Phi) is 9.76. The SMILES string of the molecule is CC[Si](CC)(CC)c1cc(Br)nc([C@@](C)(N)CS(=O)(=NCC(F)(F)CO)C(C)(C)C#N)c1F. The van der Waals surface area contributed by atoms with Gasteiger partial charge in [0.1, 0.15) is 28.3 Å². The molecule has 6 nitrogen and oxygen atoms in total. The number of aliphatic hydroxyl groups excluding tert-OH is 1. The number of aromatic nitrogens is 1. The van der Waals surface area contributed by atoms with Crippen LogP contribution in [-0.4, -0.2) is 51.9 Å². The van der Waals surface area contributed by atoms with E-state index in [0.29, 0.717) is 9.79 Å². The molecule has 0 aliphatic heterocycles. The molecule has 0 aliphatic carbocycles. The Morgan fingerprint density at radius 3 is 2.21 bits per heavy atom. The summed E-state index contributed by atoms with van der Waals surface area (Å²) in [5, 5.41) is 19.0. The van der Waals surface area contributed by atoms with Gasteiger partial charge in [-0.3, -0.25) is 0 Å². The molecule has 0 aromatic carbocycles. The lowest BCUT2D eigenvalue weighted by molar-refractivity contribution is -0.0401. The van der Waals surface area contributed by atoms with Crippen molar-refractivity contribution in [1.82, 2.24) is 4.98 Å². The predicted octanol–water partition coefficient (Wildman–Crippen LogP) is 4.27. The first-order valence-electron chi connectivity index (χ1n) is 10.8. The molecular formula is C21H34BrF3N4O2SSi. The maximum absolute atomic E-state index is 15.9. The molecule has 0 saturated carbocycles. The van der Waals surface area contributed by atoms with Gasteiger partial charge >= 0.3 is 0 Å². The third-order valence-corrected chi connectivity index (χ3v) is 15.6. The van der Waals surface area contributed by atoms with Gasteiger partial charge in [0.15, 0.2) is 0 Å². The van der Waals surface area contributed by atoms with E-state index in [2.05, 4.69) is 25.3 Å². The predicted molar refractivity (Wildman–Crippen MR) is 132 cm³/mol. The fourth-order valence-electron chi connectivity index (χ4n) is 3.77. The zero-order chi connectivity index (χ0) is 25.9. The molecular weight excluding hydrogens is 537 g/mol. The fourth-order valence-corrected chi connectivity index (χ4v) is 10.3.